The maximum atomic E-state index is 13.6. The molecule has 2 aromatic carbocycles. The van der Waals surface area contributed by atoms with Gasteiger partial charge in [-0.05, 0) is 81.1 Å². The second-order valence-corrected chi connectivity index (χ2v) is 7.63. The largest absolute Gasteiger partial charge is 0.349 e. The van der Waals surface area contributed by atoms with Crippen molar-refractivity contribution in [2.75, 3.05) is 16.8 Å². The van der Waals surface area contributed by atoms with Gasteiger partial charge in [-0.3, -0.25) is 0 Å². The van der Waals surface area contributed by atoms with Gasteiger partial charge < -0.3 is 10.2 Å². The van der Waals surface area contributed by atoms with Crippen LogP contribution in [-0.2, 0) is 6.42 Å². The van der Waals surface area contributed by atoms with E-state index >= 15 is 0 Å². The molecule has 0 saturated heterocycles. The summed E-state index contributed by atoms with van der Waals surface area (Å²) in [4.78, 5) is 11.6. The van der Waals surface area contributed by atoms with Gasteiger partial charge in [0, 0.05) is 23.5 Å². The predicted molar refractivity (Wildman–Crippen MR) is 119 cm³/mol. The summed E-state index contributed by atoms with van der Waals surface area (Å²) < 4.78 is 27.0. The lowest BCUT2D eigenvalue weighted by atomic mass is 9.93. The SMILES string of the molecule is Cc1cc(F)ccc1Nc1nc(C)c(C)c(N2CCc3cc(F)ccc3C2C)n1.Cl. The summed E-state index contributed by atoms with van der Waals surface area (Å²) >= 11 is 0. The van der Waals surface area contributed by atoms with Crippen molar-refractivity contribution in [2.45, 2.75) is 40.2 Å². The highest BCUT2D eigenvalue weighted by atomic mass is 35.5. The van der Waals surface area contributed by atoms with Gasteiger partial charge in [-0.2, -0.15) is 4.98 Å². The molecule has 0 bridgehead atoms. The van der Waals surface area contributed by atoms with Crippen LogP contribution in [0.25, 0.3) is 0 Å². The normalized spacial score (nSPS) is 15.4. The van der Waals surface area contributed by atoms with E-state index in [1.807, 2.05) is 26.8 Å². The minimum atomic E-state index is -0.271. The number of nitrogens with one attached hydrogen (secondary N) is 1. The summed E-state index contributed by atoms with van der Waals surface area (Å²) in [6.45, 7) is 8.69. The molecule has 1 atom stereocenters. The average molecular weight is 431 g/mol. The molecule has 1 aliphatic rings. The van der Waals surface area contributed by atoms with Gasteiger partial charge in [0.05, 0.1) is 6.04 Å². The molecule has 2 heterocycles. The Morgan fingerprint density at radius 2 is 1.70 bits per heavy atom. The van der Waals surface area contributed by atoms with Crippen molar-refractivity contribution in [3.63, 3.8) is 0 Å². The molecule has 1 aromatic heterocycles. The number of rotatable bonds is 3. The quantitative estimate of drug-likeness (QED) is 0.555. The lowest BCUT2D eigenvalue weighted by Crippen LogP contribution is -2.35. The Kier molecular flexibility index (Phi) is 6.27. The molecule has 0 spiro atoms. The summed E-state index contributed by atoms with van der Waals surface area (Å²) in [5.41, 5.74) is 5.64. The van der Waals surface area contributed by atoms with Crippen LogP contribution in [0.5, 0.6) is 0 Å². The standard InChI is InChI=1S/C23H24F2N4.ClH/c1-13-11-18(24)6-8-21(13)27-23-26-15(3)14(2)22(28-23)29-10-9-17-12-19(25)5-7-20(17)16(29)4;/h5-8,11-12,16H,9-10H2,1-4H3,(H,26,27,28);1H. The second-order valence-electron chi connectivity index (χ2n) is 7.63. The lowest BCUT2D eigenvalue weighted by Gasteiger charge is -2.37. The fourth-order valence-corrected chi connectivity index (χ4v) is 3.93. The van der Waals surface area contributed by atoms with Crippen LogP contribution in [0.3, 0.4) is 0 Å². The molecule has 7 heteroatoms. The topological polar surface area (TPSA) is 41.1 Å². The van der Waals surface area contributed by atoms with Crippen LogP contribution in [-0.4, -0.2) is 16.5 Å². The van der Waals surface area contributed by atoms with E-state index in [9.17, 15) is 8.78 Å². The van der Waals surface area contributed by atoms with E-state index in [-0.39, 0.29) is 30.1 Å². The summed E-state index contributed by atoms with van der Waals surface area (Å²) in [6, 6.07) is 9.68. The van der Waals surface area contributed by atoms with Crippen LogP contribution >= 0.6 is 12.4 Å². The van der Waals surface area contributed by atoms with E-state index in [0.29, 0.717) is 5.95 Å². The van der Waals surface area contributed by atoms with E-state index in [2.05, 4.69) is 22.1 Å². The number of aryl methyl sites for hydroxylation is 2. The number of hydrogen-bond acceptors (Lipinski definition) is 4. The third-order valence-electron chi connectivity index (χ3n) is 5.72. The Labute approximate surface area is 181 Å². The zero-order valence-corrected chi connectivity index (χ0v) is 18.3. The van der Waals surface area contributed by atoms with Crippen molar-refractivity contribution >= 4 is 29.9 Å². The molecule has 1 unspecified atom stereocenters. The molecule has 0 radical (unpaired) electrons. The van der Waals surface area contributed by atoms with Gasteiger partial charge in [-0.15, -0.1) is 12.4 Å². The van der Waals surface area contributed by atoms with Gasteiger partial charge in [0.15, 0.2) is 0 Å². The number of halogens is 3. The maximum absolute atomic E-state index is 13.6. The molecule has 1 N–H and O–H groups in total. The molecular weight excluding hydrogens is 406 g/mol. The zero-order chi connectivity index (χ0) is 20.7. The summed E-state index contributed by atoms with van der Waals surface area (Å²) in [5.74, 6) is 0.878. The Morgan fingerprint density at radius 1 is 1.00 bits per heavy atom. The van der Waals surface area contributed by atoms with Crippen molar-refractivity contribution < 1.29 is 8.78 Å². The minimum Gasteiger partial charge on any atom is -0.349 e. The van der Waals surface area contributed by atoms with E-state index in [4.69, 9.17) is 4.98 Å². The number of aromatic nitrogens is 2. The van der Waals surface area contributed by atoms with E-state index < -0.39 is 0 Å². The maximum Gasteiger partial charge on any atom is 0.229 e. The average Bonchev–Trinajstić information content (AvgIpc) is 2.67. The van der Waals surface area contributed by atoms with Crippen molar-refractivity contribution in [1.29, 1.82) is 0 Å². The second kappa shape index (κ2) is 8.56. The van der Waals surface area contributed by atoms with Gasteiger partial charge in [0.1, 0.15) is 17.5 Å². The summed E-state index contributed by atoms with van der Waals surface area (Å²) in [5, 5.41) is 3.22. The van der Waals surface area contributed by atoms with Gasteiger partial charge in [0.25, 0.3) is 0 Å². The van der Waals surface area contributed by atoms with Crippen LogP contribution in [0.2, 0.25) is 0 Å². The molecule has 0 aliphatic carbocycles. The first-order valence-corrected chi connectivity index (χ1v) is 9.77. The smallest absolute Gasteiger partial charge is 0.229 e. The third-order valence-corrected chi connectivity index (χ3v) is 5.72. The van der Waals surface area contributed by atoms with Gasteiger partial charge in [-0.25, -0.2) is 13.8 Å². The first-order chi connectivity index (χ1) is 13.8. The van der Waals surface area contributed by atoms with E-state index in [0.717, 1.165) is 52.4 Å². The monoisotopic (exact) mass is 430 g/mol. The number of anilines is 3. The highest BCUT2D eigenvalue weighted by Gasteiger charge is 2.27. The summed E-state index contributed by atoms with van der Waals surface area (Å²) in [7, 11) is 0. The Morgan fingerprint density at radius 3 is 2.43 bits per heavy atom. The van der Waals surface area contributed by atoms with E-state index in [1.165, 1.54) is 18.2 Å². The van der Waals surface area contributed by atoms with Crippen molar-refractivity contribution in [2.24, 2.45) is 0 Å². The van der Waals surface area contributed by atoms with Gasteiger partial charge in [0.2, 0.25) is 5.95 Å². The first-order valence-electron chi connectivity index (χ1n) is 9.77. The van der Waals surface area contributed by atoms with Crippen LogP contribution in [0.15, 0.2) is 36.4 Å². The Balaban J connectivity index is 0.00000256. The fourth-order valence-electron chi connectivity index (χ4n) is 3.93. The fraction of sp³-hybridized carbons (Fsp3) is 0.304. The number of fused-ring (bicyclic) bond motifs is 1. The number of nitrogens with zero attached hydrogens (tertiary/aromatic N) is 3. The van der Waals surface area contributed by atoms with Crippen molar-refractivity contribution in [3.05, 3.63) is 76.0 Å². The van der Waals surface area contributed by atoms with Gasteiger partial charge >= 0.3 is 0 Å². The molecule has 30 heavy (non-hydrogen) atoms. The molecule has 4 nitrogen and oxygen atoms in total. The Hall–Kier alpha value is -2.73. The number of hydrogen-bond donors (Lipinski definition) is 1. The van der Waals surface area contributed by atoms with Crippen molar-refractivity contribution in [3.8, 4) is 0 Å². The molecule has 0 amide bonds. The van der Waals surface area contributed by atoms with Crippen LogP contribution < -0.4 is 10.2 Å². The molecule has 4 rings (SSSR count). The molecular formula is C23H25ClF2N4. The lowest BCUT2D eigenvalue weighted by molar-refractivity contribution is 0.593. The van der Waals surface area contributed by atoms with Gasteiger partial charge in [-0.1, -0.05) is 6.07 Å². The highest BCUT2D eigenvalue weighted by Crippen LogP contribution is 2.35. The Bertz CT molecular complexity index is 1090. The predicted octanol–water partition coefficient (Wildman–Crippen LogP) is 5.97. The van der Waals surface area contributed by atoms with E-state index in [1.54, 1.807) is 12.1 Å². The molecule has 3 aromatic rings. The molecule has 0 fully saturated rings. The first kappa shape index (κ1) is 22.0. The highest BCUT2D eigenvalue weighted by molar-refractivity contribution is 5.85. The van der Waals surface area contributed by atoms with Crippen LogP contribution in [0.1, 0.15) is 40.9 Å². The van der Waals surface area contributed by atoms with Crippen molar-refractivity contribution in [1.82, 2.24) is 9.97 Å². The molecule has 0 saturated carbocycles. The number of benzene rings is 2. The summed E-state index contributed by atoms with van der Waals surface area (Å²) in [6.07, 6.45) is 0.764. The third kappa shape index (κ3) is 4.10. The van der Waals surface area contributed by atoms with Crippen LogP contribution in [0, 0.1) is 32.4 Å². The zero-order valence-electron chi connectivity index (χ0n) is 17.5. The van der Waals surface area contributed by atoms with Crippen LogP contribution in [0.4, 0.5) is 26.2 Å². The molecule has 158 valence electrons. The molecule has 1 aliphatic heterocycles. The minimum absolute atomic E-state index is 0.